The van der Waals surface area contributed by atoms with E-state index in [9.17, 15) is 18.0 Å². The van der Waals surface area contributed by atoms with Gasteiger partial charge in [0.2, 0.25) is 21.8 Å². The number of sulfonamides is 1. The van der Waals surface area contributed by atoms with Gasteiger partial charge < -0.3 is 16.4 Å². The van der Waals surface area contributed by atoms with E-state index in [2.05, 4.69) is 31.3 Å². The molecule has 4 aromatic rings. The van der Waals surface area contributed by atoms with Gasteiger partial charge in [0.15, 0.2) is 5.82 Å². The number of aromatic nitrogens is 4. The van der Waals surface area contributed by atoms with E-state index in [-0.39, 0.29) is 41.5 Å². The largest absolute Gasteiger partial charge is 0.344 e. The number of H-pyrrole nitrogens is 1. The molecular weight excluding hydrogens is 640 g/mol. The van der Waals surface area contributed by atoms with Crippen molar-refractivity contribution < 1.29 is 18.0 Å². The van der Waals surface area contributed by atoms with E-state index in [1.807, 2.05) is 31.2 Å². The summed E-state index contributed by atoms with van der Waals surface area (Å²) in [6.45, 7) is 2.55. The predicted octanol–water partition coefficient (Wildman–Crippen LogP) is 3.95. The second-order valence-electron chi connectivity index (χ2n) is 12.0. The van der Waals surface area contributed by atoms with Gasteiger partial charge in [0.1, 0.15) is 6.04 Å². The fraction of sp³-hybridized carbons (Fsp3) is 0.364. The van der Waals surface area contributed by atoms with Gasteiger partial charge in [-0.2, -0.15) is 0 Å². The van der Waals surface area contributed by atoms with Crippen LogP contribution in [0.2, 0.25) is 0 Å². The summed E-state index contributed by atoms with van der Waals surface area (Å²) in [5.74, 6) is 0.320. The Morgan fingerprint density at radius 3 is 2.23 bits per heavy atom. The molecule has 5 N–H and O–H groups in total. The molecule has 0 radical (unpaired) electrons. The zero-order valence-electron chi connectivity index (χ0n) is 26.6. The third-order valence-electron chi connectivity index (χ3n) is 8.65. The second-order valence-corrected chi connectivity index (χ2v) is 14.1. The van der Waals surface area contributed by atoms with Crippen LogP contribution in [0.1, 0.15) is 36.8 Å². The lowest BCUT2D eigenvalue weighted by atomic mass is 9.81. The van der Waals surface area contributed by atoms with Crippen LogP contribution in [0, 0.1) is 18.8 Å². The summed E-state index contributed by atoms with van der Waals surface area (Å²) in [5, 5.41) is 19.8. The molecule has 47 heavy (non-hydrogen) atoms. The first-order valence-electron chi connectivity index (χ1n) is 15.3. The van der Waals surface area contributed by atoms with Crippen LogP contribution in [-0.4, -0.2) is 71.8 Å². The molecule has 1 fully saturated rings. The van der Waals surface area contributed by atoms with Gasteiger partial charge in [0, 0.05) is 37.7 Å². The SMILES string of the molecule is Cc1ccc(S(=O)(=O)N(C)C)cc1-c1ccc(C[C@H](NC(=O)C2CCC(CN)CC2)C(=O)Nc2ccc(-c3nnn[nH]3)cc2)cc1.Cl. The summed E-state index contributed by atoms with van der Waals surface area (Å²) < 4.78 is 26.7. The molecule has 0 unspecified atom stereocenters. The van der Waals surface area contributed by atoms with Crippen molar-refractivity contribution in [3.8, 4) is 22.5 Å². The van der Waals surface area contributed by atoms with Crippen molar-refractivity contribution in [2.75, 3.05) is 26.0 Å². The molecule has 1 aromatic heterocycles. The highest BCUT2D eigenvalue weighted by molar-refractivity contribution is 7.89. The van der Waals surface area contributed by atoms with Crippen molar-refractivity contribution in [1.82, 2.24) is 30.2 Å². The van der Waals surface area contributed by atoms with E-state index >= 15 is 0 Å². The summed E-state index contributed by atoms with van der Waals surface area (Å²) in [7, 11) is -0.580. The van der Waals surface area contributed by atoms with Gasteiger partial charge in [-0.3, -0.25) is 9.59 Å². The van der Waals surface area contributed by atoms with Crippen molar-refractivity contribution in [1.29, 1.82) is 0 Å². The average molecular weight is 681 g/mol. The maximum atomic E-state index is 13.6. The third kappa shape index (κ3) is 8.60. The molecular formula is C33H41ClN8O4S. The number of nitrogens with one attached hydrogen (secondary N) is 3. The molecule has 1 aliphatic rings. The molecule has 1 saturated carbocycles. The molecule has 12 nitrogen and oxygen atoms in total. The number of amides is 2. The molecule has 1 aliphatic carbocycles. The predicted molar refractivity (Wildman–Crippen MR) is 183 cm³/mol. The Balaban J connectivity index is 0.00000500. The topological polar surface area (TPSA) is 176 Å². The maximum Gasteiger partial charge on any atom is 0.247 e. The van der Waals surface area contributed by atoms with Crippen LogP contribution in [0.5, 0.6) is 0 Å². The van der Waals surface area contributed by atoms with E-state index in [0.717, 1.165) is 53.5 Å². The van der Waals surface area contributed by atoms with Gasteiger partial charge in [0.25, 0.3) is 0 Å². The molecule has 250 valence electrons. The quantitative estimate of drug-likeness (QED) is 0.184. The van der Waals surface area contributed by atoms with Crippen molar-refractivity contribution in [2.45, 2.75) is 50.0 Å². The highest BCUT2D eigenvalue weighted by Gasteiger charge is 2.29. The first kappa shape index (κ1) is 35.7. The van der Waals surface area contributed by atoms with E-state index in [0.29, 0.717) is 24.0 Å². The van der Waals surface area contributed by atoms with Gasteiger partial charge in [-0.1, -0.05) is 30.3 Å². The Hall–Kier alpha value is -4.17. The summed E-state index contributed by atoms with van der Waals surface area (Å²) in [4.78, 5) is 27.2. The molecule has 1 heterocycles. The maximum absolute atomic E-state index is 13.6. The number of halogens is 1. The smallest absolute Gasteiger partial charge is 0.247 e. The first-order chi connectivity index (χ1) is 22.0. The number of hydrogen-bond acceptors (Lipinski definition) is 8. The molecule has 2 amide bonds. The zero-order chi connectivity index (χ0) is 32.8. The van der Waals surface area contributed by atoms with Crippen molar-refractivity contribution >= 4 is 39.9 Å². The number of anilines is 1. The Kier molecular flexibility index (Phi) is 11.9. The summed E-state index contributed by atoms with van der Waals surface area (Å²) in [5.41, 5.74) is 10.6. The van der Waals surface area contributed by atoms with E-state index in [1.54, 1.807) is 42.5 Å². The molecule has 0 saturated heterocycles. The highest BCUT2D eigenvalue weighted by atomic mass is 35.5. The molecule has 0 aliphatic heterocycles. The van der Waals surface area contributed by atoms with Crippen molar-refractivity contribution in [3.63, 3.8) is 0 Å². The second kappa shape index (κ2) is 15.6. The lowest BCUT2D eigenvalue weighted by Gasteiger charge is -2.28. The standard InChI is InChI=1S/C33H40N8O4S.ClH/c1-21-4-17-28(46(44,45)41(2)3)19-29(21)24-9-5-22(6-10-24)18-30(36-32(42)26-11-7-23(20-34)8-12-26)33(43)35-27-15-13-25(14-16-27)31-37-39-40-38-31;/h4-6,9-10,13-17,19,23,26,30H,7-8,11-12,18,20,34H2,1-3H3,(H,35,43)(H,36,42)(H,37,38,39,40);1H/t23?,26?,30-;/m0./s1. The first-order valence-corrected chi connectivity index (χ1v) is 16.8. The van der Waals surface area contributed by atoms with Gasteiger partial charge in [-0.25, -0.2) is 17.8 Å². The van der Waals surface area contributed by atoms with Crippen LogP contribution in [0.3, 0.4) is 0 Å². The van der Waals surface area contributed by atoms with E-state index in [1.165, 1.54) is 18.4 Å². The average Bonchev–Trinajstić information content (AvgIpc) is 3.60. The highest BCUT2D eigenvalue weighted by Crippen LogP contribution is 2.30. The summed E-state index contributed by atoms with van der Waals surface area (Å²) in [6.07, 6.45) is 3.56. The van der Waals surface area contributed by atoms with Gasteiger partial charge >= 0.3 is 0 Å². The van der Waals surface area contributed by atoms with Crippen LogP contribution in [0.4, 0.5) is 5.69 Å². The number of hydrogen-bond donors (Lipinski definition) is 4. The van der Waals surface area contributed by atoms with E-state index in [4.69, 9.17) is 5.73 Å². The van der Waals surface area contributed by atoms with Crippen LogP contribution < -0.4 is 16.4 Å². The lowest BCUT2D eigenvalue weighted by Crippen LogP contribution is -2.48. The van der Waals surface area contributed by atoms with Gasteiger partial charge in [0.05, 0.1) is 4.90 Å². The molecule has 1 atom stereocenters. The fourth-order valence-electron chi connectivity index (χ4n) is 5.72. The number of aromatic amines is 1. The molecule has 0 bridgehead atoms. The van der Waals surface area contributed by atoms with E-state index < -0.39 is 16.1 Å². The fourth-order valence-corrected chi connectivity index (χ4v) is 6.65. The Morgan fingerprint density at radius 1 is 0.979 bits per heavy atom. The summed E-state index contributed by atoms with van der Waals surface area (Å²) >= 11 is 0. The Labute approximate surface area is 281 Å². The molecule has 3 aromatic carbocycles. The number of tetrazole rings is 1. The number of carbonyl (C=O) groups excluding carboxylic acids is 2. The lowest BCUT2D eigenvalue weighted by molar-refractivity contribution is -0.130. The Morgan fingerprint density at radius 2 is 1.64 bits per heavy atom. The number of nitrogens with two attached hydrogens (primary N) is 1. The monoisotopic (exact) mass is 680 g/mol. The molecule has 0 spiro atoms. The van der Waals surface area contributed by atoms with Crippen LogP contribution in [0.15, 0.2) is 71.6 Å². The van der Waals surface area contributed by atoms with Gasteiger partial charge in [-0.05, 0) is 114 Å². The summed E-state index contributed by atoms with van der Waals surface area (Å²) in [6, 6.07) is 19.0. The van der Waals surface area contributed by atoms with Gasteiger partial charge in [-0.15, -0.1) is 17.5 Å². The molecule has 5 rings (SSSR count). The van der Waals surface area contributed by atoms with Crippen molar-refractivity contribution in [2.24, 2.45) is 17.6 Å². The number of carbonyl (C=O) groups is 2. The number of benzene rings is 3. The minimum Gasteiger partial charge on any atom is -0.344 e. The van der Waals surface area contributed by atoms with Crippen LogP contribution in [0.25, 0.3) is 22.5 Å². The normalized spacial score (nSPS) is 17.0. The number of nitrogens with zero attached hydrogens (tertiary/aromatic N) is 4. The van der Waals surface area contributed by atoms with Crippen LogP contribution >= 0.6 is 12.4 Å². The van der Waals surface area contributed by atoms with Crippen LogP contribution in [-0.2, 0) is 26.0 Å². The third-order valence-corrected chi connectivity index (χ3v) is 10.5. The zero-order valence-corrected chi connectivity index (χ0v) is 28.3. The number of aryl methyl sites for hydroxylation is 1. The minimum atomic E-state index is -3.59. The minimum absolute atomic E-state index is 0. The molecule has 14 heteroatoms. The number of rotatable bonds is 11. The van der Waals surface area contributed by atoms with Crippen molar-refractivity contribution in [3.05, 3.63) is 77.9 Å². The Bertz CT molecular complexity index is 1760.